The standard InChI is InChI=1S/C11H11ClN4O2/c12-8-5-13-2-1-7(8)11-15-10(16-18-11)9-6-14-3-4-17-9/h1-2,5,9,14H,3-4,6H2. The van der Waals surface area contributed by atoms with E-state index in [0.717, 1.165) is 6.54 Å². The third kappa shape index (κ3) is 2.22. The first-order valence-corrected chi connectivity index (χ1v) is 5.98. The molecule has 2 aromatic rings. The van der Waals surface area contributed by atoms with Gasteiger partial charge >= 0.3 is 0 Å². The van der Waals surface area contributed by atoms with E-state index in [1.807, 2.05) is 0 Å². The molecule has 0 spiro atoms. The summed E-state index contributed by atoms with van der Waals surface area (Å²) in [5.74, 6) is 0.914. The van der Waals surface area contributed by atoms with Crippen molar-refractivity contribution in [3.8, 4) is 11.5 Å². The highest BCUT2D eigenvalue weighted by atomic mass is 35.5. The molecule has 0 radical (unpaired) electrons. The molecule has 7 heteroatoms. The van der Waals surface area contributed by atoms with Crippen molar-refractivity contribution in [2.24, 2.45) is 0 Å². The van der Waals surface area contributed by atoms with Gasteiger partial charge in [-0.05, 0) is 6.07 Å². The van der Waals surface area contributed by atoms with Crippen molar-refractivity contribution >= 4 is 11.6 Å². The zero-order valence-corrected chi connectivity index (χ0v) is 10.2. The van der Waals surface area contributed by atoms with Crippen LogP contribution in [0, 0.1) is 0 Å². The zero-order chi connectivity index (χ0) is 12.4. The van der Waals surface area contributed by atoms with E-state index < -0.39 is 0 Å². The second-order valence-electron chi connectivity index (χ2n) is 3.88. The number of ether oxygens (including phenoxy) is 1. The molecule has 94 valence electrons. The summed E-state index contributed by atoms with van der Waals surface area (Å²) >= 11 is 6.02. The van der Waals surface area contributed by atoms with Crippen LogP contribution in [0.3, 0.4) is 0 Å². The number of nitrogens with zero attached hydrogens (tertiary/aromatic N) is 3. The van der Waals surface area contributed by atoms with Crippen molar-refractivity contribution in [3.63, 3.8) is 0 Å². The summed E-state index contributed by atoms with van der Waals surface area (Å²) < 4.78 is 10.8. The van der Waals surface area contributed by atoms with E-state index in [4.69, 9.17) is 20.9 Å². The van der Waals surface area contributed by atoms with Gasteiger partial charge in [-0.2, -0.15) is 4.98 Å². The highest BCUT2D eigenvalue weighted by Crippen LogP contribution is 2.26. The van der Waals surface area contributed by atoms with E-state index >= 15 is 0 Å². The highest BCUT2D eigenvalue weighted by molar-refractivity contribution is 6.32. The Hall–Kier alpha value is -1.50. The molecule has 0 bridgehead atoms. The Labute approximate surface area is 108 Å². The molecule has 3 heterocycles. The number of nitrogens with one attached hydrogen (secondary N) is 1. The van der Waals surface area contributed by atoms with Crippen LogP contribution in [0.1, 0.15) is 11.9 Å². The van der Waals surface area contributed by atoms with Gasteiger partial charge in [-0.1, -0.05) is 16.8 Å². The monoisotopic (exact) mass is 266 g/mol. The first-order valence-electron chi connectivity index (χ1n) is 5.60. The highest BCUT2D eigenvalue weighted by Gasteiger charge is 2.22. The smallest absolute Gasteiger partial charge is 0.259 e. The summed E-state index contributed by atoms with van der Waals surface area (Å²) in [5.41, 5.74) is 0.675. The normalized spacial score (nSPS) is 19.9. The quantitative estimate of drug-likeness (QED) is 0.887. The van der Waals surface area contributed by atoms with E-state index in [1.165, 1.54) is 0 Å². The SMILES string of the molecule is Clc1cnccc1-c1nc(C2CNCCO2)no1. The van der Waals surface area contributed by atoms with Gasteiger partial charge in [0.25, 0.3) is 5.89 Å². The third-order valence-electron chi connectivity index (χ3n) is 2.66. The summed E-state index contributed by atoms with van der Waals surface area (Å²) in [7, 11) is 0. The van der Waals surface area contributed by atoms with Gasteiger partial charge in [-0.15, -0.1) is 0 Å². The minimum atomic E-state index is -0.170. The second-order valence-corrected chi connectivity index (χ2v) is 4.28. The lowest BCUT2D eigenvalue weighted by Gasteiger charge is -2.20. The fourth-order valence-corrected chi connectivity index (χ4v) is 1.96. The maximum Gasteiger partial charge on any atom is 0.259 e. The Balaban J connectivity index is 1.87. The Morgan fingerprint density at radius 1 is 1.44 bits per heavy atom. The Kier molecular flexibility index (Phi) is 3.22. The average Bonchev–Trinajstić information content (AvgIpc) is 2.90. The summed E-state index contributed by atoms with van der Waals surface area (Å²) in [6, 6.07) is 1.74. The lowest BCUT2D eigenvalue weighted by Crippen LogP contribution is -2.33. The number of halogens is 1. The van der Waals surface area contributed by atoms with E-state index in [2.05, 4.69) is 20.4 Å². The number of pyridine rings is 1. The first-order chi connectivity index (χ1) is 8.84. The van der Waals surface area contributed by atoms with Crippen LogP contribution in [0.4, 0.5) is 0 Å². The van der Waals surface area contributed by atoms with E-state index in [0.29, 0.717) is 35.5 Å². The van der Waals surface area contributed by atoms with Crippen molar-refractivity contribution < 1.29 is 9.26 Å². The summed E-state index contributed by atoms with van der Waals surface area (Å²) in [5, 5.41) is 7.62. The molecule has 2 aromatic heterocycles. The summed E-state index contributed by atoms with van der Waals surface area (Å²) in [4.78, 5) is 8.22. The van der Waals surface area contributed by atoms with Crippen molar-refractivity contribution in [1.29, 1.82) is 0 Å². The van der Waals surface area contributed by atoms with E-state index in [9.17, 15) is 0 Å². The van der Waals surface area contributed by atoms with Crippen LogP contribution < -0.4 is 5.32 Å². The Morgan fingerprint density at radius 2 is 2.39 bits per heavy atom. The number of hydrogen-bond donors (Lipinski definition) is 1. The number of morpholine rings is 1. The molecule has 6 nitrogen and oxygen atoms in total. The largest absolute Gasteiger partial charge is 0.367 e. The molecule has 0 saturated carbocycles. The molecular formula is C11H11ClN4O2. The molecular weight excluding hydrogens is 256 g/mol. The average molecular weight is 267 g/mol. The van der Waals surface area contributed by atoms with Crippen molar-refractivity contribution in [1.82, 2.24) is 20.4 Å². The molecule has 0 amide bonds. The second kappa shape index (κ2) is 5.01. The fourth-order valence-electron chi connectivity index (χ4n) is 1.75. The predicted octanol–water partition coefficient (Wildman–Crippen LogP) is 1.45. The van der Waals surface area contributed by atoms with Gasteiger partial charge in [0.15, 0.2) is 0 Å². The van der Waals surface area contributed by atoms with E-state index in [-0.39, 0.29) is 6.10 Å². The van der Waals surface area contributed by atoms with Crippen LogP contribution in [0.25, 0.3) is 11.5 Å². The molecule has 1 saturated heterocycles. The molecule has 1 unspecified atom stereocenters. The molecule has 1 atom stereocenters. The van der Waals surface area contributed by atoms with Crippen molar-refractivity contribution in [2.45, 2.75) is 6.10 Å². The molecule has 1 N–H and O–H groups in total. The van der Waals surface area contributed by atoms with Crippen LogP contribution in [0.5, 0.6) is 0 Å². The van der Waals surface area contributed by atoms with Crippen LogP contribution in [0.2, 0.25) is 5.02 Å². The van der Waals surface area contributed by atoms with Crippen molar-refractivity contribution in [3.05, 3.63) is 29.3 Å². The van der Waals surface area contributed by atoms with Gasteiger partial charge in [0, 0.05) is 25.5 Å². The Bertz CT molecular complexity index is 539. The van der Waals surface area contributed by atoms with Gasteiger partial charge in [-0.25, -0.2) is 0 Å². The van der Waals surface area contributed by atoms with Crippen LogP contribution in [-0.4, -0.2) is 34.8 Å². The maximum atomic E-state index is 6.02. The van der Waals surface area contributed by atoms with Crippen LogP contribution in [0.15, 0.2) is 23.0 Å². The third-order valence-corrected chi connectivity index (χ3v) is 2.96. The Morgan fingerprint density at radius 3 is 3.17 bits per heavy atom. The van der Waals surface area contributed by atoms with Crippen LogP contribution >= 0.6 is 11.6 Å². The molecule has 0 aromatic carbocycles. The molecule has 18 heavy (non-hydrogen) atoms. The molecule has 1 fully saturated rings. The number of hydrogen-bond acceptors (Lipinski definition) is 6. The lowest BCUT2D eigenvalue weighted by molar-refractivity contribution is 0.0208. The first kappa shape index (κ1) is 11.6. The topological polar surface area (TPSA) is 73.1 Å². The van der Waals surface area contributed by atoms with E-state index in [1.54, 1.807) is 18.5 Å². The molecule has 0 aliphatic carbocycles. The summed E-state index contributed by atoms with van der Waals surface area (Å²) in [6.07, 6.45) is 3.00. The molecule has 3 rings (SSSR count). The minimum absolute atomic E-state index is 0.170. The fraction of sp³-hybridized carbons (Fsp3) is 0.364. The van der Waals surface area contributed by atoms with Gasteiger partial charge in [0.1, 0.15) is 6.10 Å². The lowest BCUT2D eigenvalue weighted by atomic mass is 10.2. The maximum absolute atomic E-state index is 6.02. The number of rotatable bonds is 2. The van der Waals surface area contributed by atoms with Gasteiger partial charge in [-0.3, -0.25) is 4.98 Å². The molecule has 1 aliphatic heterocycles. The molecule has 1 aliphatic rings. The predicted molar refractivity (Wildman–Crippen MR) is 64.1 cm³/mol. The van der Waals surface area contributed by atoms with Gasteiger partial charge in [0.05, 0.1) is 17.2 Å². The summed E-state index contributed by atoms with van der Waals surface area (Å²) in [6.45, 7) is 2.17. The van der Waals surface area contributed by atoms with Crippen LogP contribution in [-0.2, 0) is 4.74 Å². The van der Waals surface area contributed by atoms with Crippen molar-refractivity contribution in [2.75, 3.05) is 19.7 Å². The zero-order valence-electron chi connectivity index (χ0n) is 9.47. The number of aromatic nitrogens is 3. The van der Waals surface area contributed by atoms with Gasteiger partial charge < -0.3 is 14.6 Å². The van der Waals surface area contributed by atoms with Gasteiger partial charge in [0.2, 0.25) is 5.82 Å². The minimum Gasteiger partial charge on any atom is -0.367 e.